The number of carboxylic acids is 1. The second kappa shape index (κ2) is 5.53. The molecule has 0 aliphatic carbocycles. The second-order valence-corrected chi connectivity index (χ2v) is 4.53. The van der Waals surface area contributed by atoms with E-state index in [4.69, 9.17) is 9.52 Å². The van der Waals surface area contributed by atoms with Crippen LogP contribution >= 0.6 is 11.3 Å². The number of aromatic nitrogens is 1. The Kier molecular flexibility index (Phi) is 3.81. The van der Waals surface area contributed by atoms with Crippen molar-refractivity contribution < 1.29 is 19.1 Å². The number of hydrogen-bond donors (Lipinski definition) is 3. The fourth-order valence-corrected chi connectivity index (χ4v) is 1.99. The molecule has 3 N–H and O–H groups in total. The summed E-state index contributed by atoms with van der Waals surface area (Å²) in [5.74, 6) is -0.940. The summed E-state index contributed by atoms with van der Waals surface area (Å²) in [6.45, 7) is 1.93. The number of carbonyl (C=O) groups excluding carboxylic acids is 1. The monoisotopic (exact) mass is 281 g/mol. The topological polar surface area (TPSA) is 104 Å². The van der Waals surface area contributed by atoms with Crippen molar-refractivity contribution in [1.82, 2.24) is 10.3 Å². The number of carboxylic acid groups (broad SMARTS) is 1. The number of rotatable bonds is 4. The van der Waals surface area contributed by atoms with Crippen LogP contribution < -0.4 is 10.6 Å². The number of nitrogens with one attached hydrogen (secondary N) is 2. The Balaban J connectivity index is 1.84. The van der Waals surface area contributed by atoms with Crippen molar-refractivity contribution in [3.63, 3.8) is 0 Å². The van der Waals surface area contributed by atoms with E-state index in [2.05, 4.69) is 15.6 Å². The summed E-state index contributed by atoms with van der Waals surface area (Å²) >= 11 is 1.32. The maximum atomic E-state index is 11.5. The van der Waals surface area contributed by atoms with Gasteiger partial charge in [-0.25, -0.2) is 14.6 Å². The lowest BCUT2D eigenvalue weighted by molar-refractivity contribution is 0.0660. The molecule has 0 aliphatic heterocycles. The lowest BCUT2D eigenvalue weighted by atomic mass is 10.4. The summed E-state index contributed by atoms with van der Waals surface area (Å²) in [4.78, 5) is 26.2. The fourth-order valence-electron chi connectivity index (χ4n) is 1.31. The SMILES string of the molecule is Cc1csc(NC(=O)NCc2ccc(C(=O)O)o2)n1. The van der Waals surface area contributed by atoms with E-state index in [0.717, 1.165) is 5.69 Å². The Morgan fingerprint density at radius 3 is 2.84 bits per heavy atom. The molecule has 8 heteroatoms. The normalized spacial score (nSPS) is 10.2. The first-order valence-corrected chi connectivity index (χ1v) is 6.21. The molecule has 0 saturated heterocycles. The Bertz CT molecular complexity index is 605. The molecule has 2 rings (SSSR count). The van der Waals surface area contributed by atoms with Gasteiger partial charge in [-0.1, -0.05) is 0 Å². The van der Waals surface area contributed by atoms with Gasteiger partial charge in [-0.05, 0) is 19.1 Å². The number of aromatic carboxylic acids is 1. The van der Waals surface area contributed by atoms with Crippen molar-refractivity contribution in [3.05, 3.63) is 34.7 Å². The van der Waals surface area contributed by atoms with Gasteiger partial charge in [-0.15, -0.1) is 11.3 Å². The van der Waals surface area contributed by atoms with Crippen LogP contribution in [0.3, 0.4) is 0 Å². The Morgan fingerprint density at radius 1 is 1.47 bits per heavy atom. The predicted molar refractivity (Wildman–Crippen MR) is 68.4 cm³/mol. The van der Waals surface area contributed by atoms with Gasteiger partial charge in [0, 0.05) is 5.38 Å². The van der Waals surface area contributed by atoms with E-state index in [1.807, 2.05) is 12.3 Å². The quantitative estimate of drug-likeness (QED) is 0.795. The zero-order valence-electron chi connectivity index (χ0n) is 9.97. The minimum atomic E-state index is -1.14. The van der Waals surface area contributed by atoms with Gasteiger partial charge in [-0.3, -0.25) is 5.32 Å². The Labute approximate surface area is 112 Å². The predicted octanol–water partition coefficient (Wildman–Crippen LogP) is 2.06. The summed E-state index contributed by atoms with van der Waals surface area (Å²) < 4.78 is 4.99. The maximum Gasteiger partial charge on any atom is 0.371 e. The van der Waals surface area contributed by atoms with E-state index in [1.165, 1.54) is 23.5 Å². The second-order valence-electron chi connectivity index (χ2n) is 3.67. The van der Waals surface area contributed by atoms with Gasteiger partial charge >= 0.3 is 12.0 Å². The first-order chi connectivity index (χ1) is 9.04. The molecular formula is C11H11N3O4S. The number of anilines is 1. The van der Waals surface area contributed by atoms with Crippen molar-refractivity contribution >= 4 is 28.5 Å². The highest BCUT2D eigenvalue weighted by Crippen LogP contribution is 2.14. The smallest absolute Gasteiger partial charge is 0.371 e. The zero-order valence-corrected chi connectivity index (χ0v) is 10.8. The van der Waals surface area contributed by atoms with E-state index in [0.29, 0.717) is 10.9 Å². The molecule has 2 amide bonds. The summed E-state index contributed by atoms with van der Waals surface area (Å²) in [5, 5.41) is 16.1. The van der Waals surface area contributed by atoms with E-state index >= 15 is 0 Å². The molecule has 100 valence electrons. The third kappa shape index (κ3) is 3.55. The fraction of sp³-hybridized carbons (Fsp3) is 0.182. The molecule has 2 heterocycles. The van der Waals surface area contributed by atoms with Gasteiger partial charge in [0.2, 0.25) is 5.76 Å². The van der Waals surface area contributed by atoms with Crippen LogP contribution in [-0.4, -0.2) is 22.1 Å². The summed E-state index contributed by atoms with van der Waals surface area (Å²) in [6, 6.07) is 2.40. The van der Waals surface area contributed by atoms with Crippen LogP contribution in [0.5, 0.6) is 0 Å². The molecule has 2 aromatic rings. The third-order valence-electron chi connectivity index (χ3n) is 2.14. The molecule has 0 spiro atoms. The Morgan fingerprint density at radius 2 is 2.26 bits per heavy atom. The molecule has 7 nitrogen and oxygen atoms in total. The summed E-state index contributed by atoms with van der Waals surface area (Å²) in [7, 11) is 0. The lowest BCUT2D eigenvalue weighted by Gasteiger charge is -2.03. The van der Waals surface area contributed by atoms with E-state index in [9.17, 15) is 9.59 Å². The van der Waals surface area contributed by atoms with Crippen LogP contribution in [-0.2, 0) is 6.54 Å². The minimum Gasteiger partial charge on any atom is -0.475 e. The standard InChI is InChI=1S/C11H11N3O4S/c1-6-5-19-11(13-6)14-10(17)12-4-7-2-3-8(18-7)9(15)16/h2-3,5H,4H2,1H3,(H,15,16)(H2,12,13,14,17). The van der Waals surface area contributed by atoms with Crippen LogP contribution in [0.15, 0.2) is 21.9 Å². The molecule has 0 aliphatic rings. The molecule has 0 saturated carbocycles. The van der Waals surface area contributed by atoms with Gasteiger partial charge in [-0.2, -0.15) is 0 Å². The number of furan rings is 1. The van der Waals surface area contributed by atoms with Gasteiger partial charge in [0.25, 0.3) is 0 Å². The van der Waals surface area contributed by atoms with Crippen molar-refractivity contribution in [1.29, 1.82) is 0 Å². The molecular weight excluding hydrogens is 270 g/mol. The molecule has 0 aromatic carbocycles. The van der Waals surface area contributed by atoms with E-state index in [-0.39, 0.29) is 12.3 Å². The van der Waals surface area contributed by atoms with E-state index in [1.54, 1.807) is 0 Å². The number of urea groups is 1. The van der Waals surface area contributed by atoms with Crippen LogP contribution in [0.25, 0.3) is 0 Å². The molecule has 19 heavy (non-hydrogen) atoms. The summed E-state index contributed by atoms with van der Waals surface area (Å²) in [6.07, 6.45) is 0. The highest BCUT2D eigenvalue weighted by Gasteiger charge is 2.10. The van der Waals surface area contributed by atoms with Crippen LogP contribution in [0, 0.1) is 6.92 Å². The minimum absolute atomic E-state index is 0.101. The highest BCUT2D eigenvalue weighted by atomic mass is 32.1. The van der Waals surface area contributed by atoms with Gasteiger partial charge in [0.15, 0.2) is 5.13 Å². The van der Waals surface area contributed by atoms with Gasteiger partial charge in [0.05, 0.1) is 12.2 Å². The average Bonchev–Trinajstić information content (AvgIpc) is 2.96. The lowest BCUT2D eigenvalue weighted by Crippen LogP contribution is -2.27. The van der Waals surface area contributed by atoms with Gasteiger partial charge < -0.3 is 14.8 Å². The maximum absolute atomic E-state index is 11.5. The van der Waals surface area contributed by atoms with Crippen molar-refractivity contribution in [2.45, 2.75) is 13.5 Å². The molecule has 0 radical (unpaired) electrons. The number of aryl methyl sites for hydroxylation is 1. The average molecular weight is 281 g/mol. The number of nitrogens with zero attached hydrogens (tertiary/aromatic N) is 1. The van der Waals surface area contributed by atoms with Crippen molar-refractivity contribution in [2.24, 2.45) is 0 Å². The van der Waals surface area contributed by atoms with Crippen LogP contribution in [0.4, 0.5) is 9.93 Å². The van der Waals surface area contributed by atoms with E-state index < -0.39 is 12.0 Å². The first-order valence-electron chi connectivity index (χ1n) is 5.33. The zero-order chi connectivity index (χ0) is 13.8. The van der Waals surface area contributed by atoms with Crippen LogP contribution in [0.2, 0.25) is 0 Å². The number of carbonyl (C=O) groups is 2. The first kappa shape index (κ1) is 13.1. The number of hydrogen-bond acceptors (Lipinski definition) is 5. The largest absolute Gasteiger partial charge is 0.475 e. The molecule has 0 fully saturated rings. The molecule has 0 unspecified atom stereocenters. The third-order valence-corrected chi connectivity index (χ3v) is 3.01. The molecule has 0 atom stereocenters. The molecule has 0 bridgehead atoms. The molecule has 2 aromatic heterocycles. The van der Waals surface area contributed by atoms with Crippen LogP contribution in [0.1, 0.15) is 22.0 Å². The Hall–Kier alpha value is -2.35. The number of thiazole rings is 1. The van der Waals surface area contributed by atoms with Crippen molar-refractivity contribution in [2.75, 3.05) is 5.32 Å². The summed E-state index contributed by atoms with van der Waals surface area (Å²) in [5.41, 5.74) is 0.831. The number of amides is 2. The highest BCUT2D eigenvalue weighted by molar-refractivity contribution is 7.13. The van der Waals surface area contributed by atoms with Crippen molar-refractivity contribution in [3.8, 4) is 0 Å². The van der Waals surface area contributed by atoms with Gasteiger partial charge in [0.1, 0.15) is 5.76 Å².